The van der Waals surface area contributed by atoms with E-state index in [1.165, 1.54) is 4.90 Å². The second kappa shape index (κ2) is 11.9. The maximum absolute atomic E-state index is 11.9. The molecule has 3 aliphatic rings. The lowest BCUT2D eigenvalue weighted by Crippen LogP contribution is -2.55. The molecule has 0 bridgehead atoms. The third kappa shape index (κ3) is 5.34. The molecule has 6 rings (SSSR count). The first-order chi connectivity index (χ1) is 20.5. The van der Waals surface area contributed by atoms with Crippen molar-refractivity contribution in [1.29, 1.82) is 5.26 Å². The van der Waals surface area contributed by atoms with Gasteiger partial charge in [-0.1, -0.05) is 24.3 Å². The predicted molar refractivity (Wildman–Crippen MR) is 159 cm³/mol. The Morgan fingerprint density at radius 2 is 1.93 bits per heavy atom. The smallest absolute Gasteiger partial charge is 0.407 e. The third-order valence-electron chi connectivity index (χ3n) is 8.86. The summed E-state index contributed by atoms with van der Waals surface area (Å²) in [5.74, 6) is 1.62. The van der Waals surface area contributed by atoms with Crippen molar-refractivity contribution in [2.24, 2.45) is 0 Å². The van der Waals surface area contributed by atoms with Crippen molar-refractivity contribution in [3.63, 3.8) is 0 Å². The fraction of sp³-hybridized carbons (Fsp3) is 0.484. The summed E-state index contributed by atoms with van der Waals surface area (Å²) in [6.07, 6.45) is 2.09. The summed E-state index contributed by atoms with van der Waals surface area (Å²) in [7, 11) is 3.82. The molecule has 0 saturated carbocycles. The second-order valence-electron chi connectivity index (χ2n) is 11.3. The van der Waals surface area contributed by atoms with E-state index in [1.54, 1.807) is 7.11 Å². The van der Waals surface area contributed by atoms with Gasteiger partial charge in [0.05, 0.1) is 37.9 Å². The standard InChI is InChI=1S/C31H37N7O4/c1-35-14-5-8-23(35)20-42-30-33-25-19-36(26-9-3-6-21-7-4-10-27(41-2)28(21)26)15-12-24(25)29(34-30)37-16-17-38(31(39)40)22(18-37)11-13-32/h3-4,6-7,9-10,22-23H,5,8,11-12,14-20H2,1-2H3,(H,39,40)/t22-,23-/m0/s1. The van der Waals surface area contributed by atoms with Crippen molar-refractivity contribution in [3.8, 4) is 17.8 Å². The Kier molecular flexibility index (Phi) is 7.89. The van der Waals surface area contributed by atoms with Crippen LogP contribution in [-0.2, 0) is 13.0 Å². The molecule has 0 spiro atoms. The Morgan fingerprint density at radius 1 is 1.10 bits per heavy atom. The van der Waals surface area contributed by atoms with Gasteiger partial charge in [0.1, 0.15) is 18.2 Å². The zero-order chi connectivity index (χ0) is 29.2. The van der Waals surface area contributed by atoms with Crippen LogP contribution in [0.2, 0.25) is 0 Å². The monoisotopic (exact) mass is 571 g/mol. The Hall–Kier alpha value is -4.30. The normalized spacial score (nSPS) is 20.8. The Bertz CT molecular complexity index is 1500. The number of likely N-dealkylation sites (N-methyl/N-ethyl adjacent to an activating group) is 1. The van der Waals surface area contributed by atoms with Gasteiger partial charge in [0.2, 0.25) is 0 Å². The van der Waals surface area contributed by atoms with Gasteiger partial charge in [0, 0.05) is 48.9 Å². The molecule has 42 heavy (non-hydrogen) atoms. The van der Waals surface area contributed by atoms with Crippen LogP contribution in [0.15, 0.2) is 36.4 Å². The molecule has 3 aliphatic heterocycles. The number of nitriles is 1. The predicted octanol–water partition coefficient (Wildman–Crippen LogP) is 3.76. The van der Waals surface area contributed by atoms with Gasteiger partial charge in [-0.05, 0) is 50.4 Å². The molecule has 4 heterocycles. The van der Waals surface area contributed by atoms with E-state index in [1.807, 2.05) is 12.1 Å². The van der Waals surface area contributed by atoms with E-state index in [2.05, 4.69) is 52.1 Å². The summed E-state index contributed by atoms with van der Waals surface area (Å²) in [4.78, 5) is 29.9. The van der Waals surface area contributed by atoms with Gasteiger partial charge < -0.3 is 34.2 Å². The molecule has 0 unspecified atom stereocenters. The Balaban J connectivity index is 1.35. The van der Waals surface area contributed by atoms with Gasteiger partial charge >= 0.3 is 12.1 Å². The number of carboxylic acid groups (broad SMARTS) is 1. The molecule has 2 aromatic carbocycles. The molecule has 0 radical (unpaired) electrons. The lowest BCUT2D eigenvalue weighted by Gasteiger charge is -2.41. The largest absolute Gasteiger partial charge is 0.496 e. The van der Waals surface area contributed by atoms with Crippen LogP contribution >= 0.6 is 0 Å². The van der Waals surface area contributed by atoms with Crippen molar-refractivity contribution in [1.82, 2.24) is 19.8 Å². The number of aromatic nitrogens is 2. The van der Waals surface area contributed by atoms with E-state index in [-0.39, 0.29) is 6.42 Å². The van der Waals surface area contributed by atoms with Gasteiger partial charge in [0.25, 0.3) is 0 Å². The molecular formula is C31H37N7O4. The van der Waals surface area contributed by atoms with E-state index in [4.69, 9.17) is 19.4 Å². The number of piperazine rings is 1. The highest BCUT2D eigenvalue weighted by atomic mass is 16.5. The molecular weight excluding hydrogens is 534 g/mol. The summed E-state index contributed by atoms with van der Waals surface area (Å²) in [5, 5.41) is 21.3. The van der Waals surface area contributed by atoms with Crippen LogP contribution in [-0.4, -0.2) is 96.5 Å². The molecule has 11 nitrogen and oxygen atoms in total. The van der Waals surface area contributed by atoms with Gasteiger partial charge in [-0.2, -0.15) is 15.2 Å². The van der Waals surface area contributed by atoms with E-state index >= 15 is 0 Å². The molecule has 220 valence electrons. The molecule has 1 amide bonds. The minimum atomic E-state index is -0.995. The number of amides is 1. The quantitative estimate of drug-likeness (QED) is 0.449. The summed E-state index contributed by atoms with van der Waals surface area (Å²) in [6, 6.07) is 14.8. The number of ether oxygens (including phenoxy) is 2. The zero-order valence-corrected chi connectivity index (χ0v) is 24.2. The number of hydrogen-bond acceptors (Lipinski definition) is 9. The first-order valence-corrected chi connectivity index (χ1v) is 14.6. The van der Waals surface area contributed by atoms with Crippen LogP contribution in [0.5, 0.6) is 11.8 Å². The van der Waals surface area contributed by atoms with Crippen LogP contribution < -0.4 is 19.3 Å². The van der Waals surface area contributed by atoms with Crippen LogP contribution in [0, 0.1) is 11.3 Å². The number of anilines is 2. The zero-order valence-electron chi connectivity index (χ0n) is 24.2. The van der Waals surface area contributed by atoms with Gasteiger partial charge in [-0.15, -0.1) is 0 Å². The molecule has 2 atom stereocenters. The molecule has 1 N–H and O–H groups in total. The topological polar surface area (TPSA) is 118 Å². The number of hydrogen-bond donors (Lipinski definition) is 1. The maximum Gasteiger partial charge on any atom is 0.407 e. The van der Waals surface area contributed by atoms with Gasteiger partial charge in [-0.3, -0.25) is 0 Å². The van der Waals surface area contributed by atoms with E-state index in [0.717, 1.165) is 71.6 Å². The highest BCUT2D eigenvalue weighted by Crippen LogP contribution is 2.38. The number of benzene rings is 2. The van der Waals surface area contributed by atoms with Gasteiger partial charge in [-0.25, -0.2) is 4.79 Å². The summed E-state index contributed by atoms with van der Waals surface area (Å²) >= 11 is 0. The molecule has 3 aromatic rings. The lowest BCUT2D eigenvalue weighted by atomic mass is 10.0. The highest BCUT2D eigenvalue weighted by molar-refractivity contribution is 5.99. The number of nitrogens with zero attached hydrogens (tertiary/aromatic N) is 7. The van der Waals surface area contributed by atoms with Crippen LogP contribution in [0.1, 0.15) is 30.5 Å². The van der Waals surface area contributed by atoms with Crippen LogP contribution in [0.25, 0.3) is 10.8 Å². The lowest BCUT2D eigenvalue weighted by molar-refractivity contribution is 0.119. The minimum absolute atomic E-state index is 0.129. The van der Waals surface area contributed by atoms with E-state index < -0.39 is 12.1 Å². The van der Waals surface area contributed by atoms with E-state index in [9.17, 15) is 15.2 Å². The van der Waals surface area contributed by atoms with E-state index in [0.29, 0.717) is 44.8 Å². The first-order valence-electron chi connectivity index (χ1n) is 14.6. The number of carbonyl (C=O) groups is 1. The molecule has 2 fully saturated rings. The average molecular weight is 572 g/mol. The fourth-order valence-corrected chi connectivity index (χ4v) is 6.58. The highest BCUT2D eigenvalue weighted by Gasteiger charge is 2.34. The van der Waals surface area contributed by atoms with Crippen LogP contribution in [0.3, 0.4) is 0 Å². The SMILES string of the molecule is COc1cccc2cccc(N3CCc4c(nc(OC[C@@H]5CCCN5C)nc4N4CCN(C(=O)O)[C@@H](CC#N)C4)C3)c12. The summed E-state index contributed by atoms with van der Waals surface area (Å²) in [5.41, 5.74) is 3.06. The number of likely N-dealkylation sites (tertiary alicyclic amines) is 1. The molecule has 2 saturated heterocycles. The average Bonchev–Trinajstić information content (AvgIpc) is 3.43. The van der Waals surface area contributed by atoms with Crippen molar-refractivity contribution >= 4 is 28.4 Å². The van der Waals surface area contributed by atoms with Crippen molar-refractivity contribution < 1.29 is 19.4 Å². The fourth-order valence-electron chi connectivity index (χ4n) is 6.58. The van der Waals surface area contributed by atoms with Gasteiger partial charge in [0.15, 0.2) is 0 Å². The Morgan fingerprint density at radius 3 is 2.67 bits per heavy atom. The molecule has 11 heteroatoms. The van der Waals surface area contributed by atoms with Crippen LogP contribution in [0.4, 0.5) is 16.3 Å². The summed E-state index contributed by atoms with van der Waals surface area (Å²) in [6.45, 7) is 4.13. The Labute approximate surface area is 245 Å². The van der Waals surface area contributed by atoms with Crippen molar-refractivity contribution in [2.75, 3.05) is 63.3 Å². The first kappa shape index (κ1) is 27.8. The molecule has 0 aliphatic carbocycles. The third-order valence-corrected chi connectivity index (χ3v) is 8.86. The summed E-state index contributed by atoms with van der Waals surface area (Å²) < 4.78 is 12.0. The molecule has 1 aromatic heterocycles. The van der Waals surface area contributed by atoms with Crippen molar-refractivity contribution in [2.45, 2.75) is 44.3 Å². The number of fused-ring (bicyclic) bond motifs is 2. The maximum atomic E-state index is 11.9. The number of methoxy groups -OCH3 is 1. The van der Waals surface area contributed by atoms with Crippen molar-refractivity contribution in [3.05, 3.63) is 47.7 Å². The number of rotatable bonds is 7. The minimum Gasteiger partial charge on any atom is -0.496 e. The second-order valence-corrected chi connectivity index (χ2v) is 11.3.